The molecular weight excluding hydrogens is 294 g/mol. The van der Waals surface area contributed by atoms with Crippen molar-refractivity contribution in [3.05, 3.63) is 28.5 Å². The van der Waals surface area contributed by atoms with Gasteiger partial charge in [0.1, 0.15) is 0 Å². The number of carbonyl (C=O) groups is 1. The number of amides is 1. The van der Waals surface area contributed by atoms with E-state index in [1.807, 2.05) is 32.0 Å². The van der Waals surface area contributed by atoms with Crippen molar-refractivity contribution >= 4 is 21.8 Å². The van der Waals surface area contributed by atoms with Crippen LogP contribution in [0.15, 0.2) is 22.9 Å². The van der Waals surface area contributed by atoms with Gasteiger partial charge in [-0.25, -0.2) is 0 Å². The van der Waals surface area contributed by atoms with E-state index >= 15 is 0 Å². The van der Waals surface area contributed by atoms with Gasteiger partial charge < -0.3 is 9.80 Å². The Hall–Kier alpha value is -0.940. The smallest absolute Gasteiger partial charge is 0.255 e. The molecule has 1 rings (SSSR count). The Morgan fingerprint density at radius 2 is 2.06 bits per heavy atom. The molecule has 1 amide bonds. The molecule has 5 heteroatoms. The summed E-state index contributed by atoms with van der Waals surface area (Å²) in [6, 6.07) is 1.81. The SMILES string of the molecule is CCN(CCCN(C)C)C(=O)c1cncc(Br)c1. The standard InChI is InChI=1S/C13H20BrN3O/c1-4-17(7-5-6-16(2)3)13(18)11-8-12(14)10-15-9-11/h8-10H,4-7H2,1-3H3. The number of carbonyl (C=O) groups excluding carboxylic acids is 1. The van der Waals surface area contributed by atoms with Crippen molar-refractivity contribution in [1.29, 1.82) is 0 Å². The highest BCUT2D eigenvalue weighted by Crippen LogP contribution is 2.12. The Morgan fingerprint density at radius 1 is 1.33 bits per heavy atom. The molecule has 0 aliphatic carbocycles. The van der Waals surface area contributed by atoms with Gasteiger partial charge in [0.25, 0.3) is 5.91 Å². The molecule has 0 spiro atoms. The molecule has 0 aromatic carbocycles. The fourth-order valence-electron chi connectivity index (χ4n) is 1.69. The largest absolute Gasteiger partial charge is 0.339 e. The summed E-state index contributed by atoms with van der Waals surface area (Å²) in [5.74, 6) is 0.0463. The minimum atomic E-state index is 0.0463. The normalized spacial score (nSPS) is 10.7. The van der Waals surface area contributed by atoms with Crippen LogP contribution in [-0.4, -0.2) is 54.4 Å². The molecule has 4 nitrogen and oxygen atoms in total. The van der Waals surface area contributed by atoms with Crippen LogP contribution in [0.25, 0.3) is 0 Å². The van der Waals surface area contributed by atoms with Crippen molar-refractivity contribution in [2.75, 3.05) is 33.7 Å². The van der Waals surface area contributed by atoms with Gasteiger partial charge in [-0.15, -0.1) is 0 Å². The highest BCUT2D eigenvalue weighted by atomic mass is 79.9. The number of halogens is 1. The van der Waals surface area contributed by atoms with Crippen LogP contribution >= 0.6 is 15.9 Å². The molecule has 1 aromatic rings. The highest BCUT2D eigenvalue weighted by molar-refractivity contribution is 9.10. The first kappa shape index (κ1) is 15.1. The molecule has 18 heavy (non-hydrogen) atoms. The maximum Gasteiger partial charge on any atom is 0.255 e. The van der Waals surface area contributed by atoms with Crippen LogP contribution in [0.4, 0.5) is 0 Å². The molecule has 0 atom stereocenters. The van der Waals surface area contributed by atoms with Gasteiger partial charge in [-0.05, 0) is 56.0 Å². The van der Waals surface area contributed by atoms with Crippen molar-refractivity contribution in [2.45, 2.75) is 13.3 Å². The van der Waals surface area contributed by atoms with Crippen molar-refractivity contribution in [3.8, 4) is 0 Å². The van der Waals surface area contributed by atoms with Crippen LogP contribution in [0, 0.1) is 0 Å². The van der Waals surface area contributed by atoms with Crippen molar-refractivity contribution in [2.24, 2.45) is 0 Å². The number of pyridine rings is 1. The molecule has 0 unspecified atom stereocenters. The summed E-state index contributed by atoms with van der Waals surface area (Å²) in [6.07, 6.45) is 4.27. The van der Waals surface area contributed by atoms with E-state index < -0.39 is 0 Å². The molecule has 0 saturated heterocycles. The lowest BCUT2D eigenvalue weighted by molar-refractivity contribution is 0.0759. The zero-order valence-electron chi connectivity index (χ0n) is 11.2. The first-order chi connectivity index (χ1) is 8.54. The van der Waals surface area contributed by atoms with Gasteiger partial charge in [-0.2, -0.15) is 0 Å². The monoisotopic (exact) mass is 313 g/mol. The van der Waals surface area contributed by atoms with Gasteiger partial charge in [-0.3, -0.25) is 9.78 Å². The van der Waals surface area contributed by atoms with Crippen molar-refractivity contribution < 1.29 is 4.79 Å². The predicted molar refractivity (Wildman–Crippen MR) is 76.7 cm³/mol. The third-order valence-corrected chi connectivity index (χ3v) is 3.09. The van der Waals surface area contributed by atoms with E-state index in [1.54, 1.807) is 12.4 Å². The molecule has 0 N–H and O–H groups in total. The first-order valence-electron chi connectivity index (χ1n) is 6.09. The zero-order valence-corrected chi connectivity index (χ0v) is 12.8. The summed E-state index contributed by atoms with van der Waals surface area (Å²) in [5, 5.41) is 0. The quantitative estimate of drug-likeness (QED) is 0.808. The second kappa shape index (κ2) is 7.48. The lowest BCUT2D eigenvalue weighted by atomic mass is 10.2. The Bertz CT molecular complexity index is 396. The van der Waals surface area contributed by atoms with Gasteiger partial charge in [0.2, 0.25) is 0 Å². The fraction of sp³-hybridized carbons (Fsp3) is 0.538. The van der Waals surface area contributed by atoms with Crippen LogP contribution < -0.4 is 0 Å². The highest BCUT2D eigenvalue weighted by Gasteiger charge is 2.14. The third-order valence-electron chi connectivity index (χ3n) is 2.65. The summed E-state index contributed by atoms with van der Waals surface area (Å²) >= 11 is 3.33. The Morgan fingerprint density at radius 3 is 2.61 bits per heavy atom. The summed E-state index contributed by atoms with van der Waals surface area (Å²) in [7, 11) is 4.08. The number of rotatable bonds is 6. The fourth-order valence-corrected chi connectivity index (χ4v) is 2.06. The van der Waals surface area contributed by atoms with E-state index in [0.717, 1.165) is 30.5 Å². The molecule has 0 aliphatic heterocycles. The zero-order chi connectivity index (χ0) is 13.5. The number of aromatic nitrogens is 1. The number of nitrogens with zero attached hydrogens (tertiary/aromatic N) is 3. The molecule has 1 aromatic heterocycles. The Kier molecular flexibility index (Phi) is 6.29. The van der Waals surface area contributed by atoms with E-state index in [0.29, 0.717) is 5.56 Å². The minimum absolute atomic E-state index is 0.0463. The summed E-state index contributed by atoms with van der Waals surface area (Å²) in [4.78, 5) is 20.3. The van der Waals surface area contributed by atoms with E-state index in [-0.39, 0.29) is 5.91 Å². The topological polar surface area (TPSA) is 36.4 Å². The van der Waals surface area contributed by atoms with E-state index in [9.17, 15) is 4.79 Å². The second-order valence-electron chi connectivity index (χ2n) is 4.43. The van der Waals surface area contributed by atoms with Crippen LogP contribution in [0.5, 0.6) is 0 Å². The van der Waals surface area contributed by atoms with Crippen LogP contribution in [0.2, 0.25) is 0 Å². The van der Waals surface area contributed by atoms with E-state index in [1.165, 1.54) is 0 Å². The van der Waals surface area contributed by atoms with E-state index in [2.05, 4.69) is 25.8 Å². The summed E-state index contributed by atoms with van der Waals surface area (Å²) in [5.41, 5.74) is 0.635. The molecule has 100 valence electrons. The third kappa shape index (κ3) is 4.74. The molecule has 0 radical (unpaired) electrons. The predicted octanol–water partition coefficient (Wildman–Crippen LogP) is 2.26. The van der Waals surface area contributed by atoms with E-state index in [4.69, 9.17) is 0 Å². The lowest BCUT2D eigenvalue weighted by Gasteiger charge is -2.21. The summed E-state index contributed by atoms with van der Waals surface area (Å²) < 4.78 is 0.831. The molecule has 0 saturated carbocycles. The molecule has 0 aliphatic rings. The van der Waals surface area contributed by atoms with Gasteiger partial charge in [0.15, 0.2) is 0 Å². The van der Waals surface area contributed by atoms with Crippen LogP contribution in [0.3, 0.4) is 0 Å². The van der Waals surface area contributed by atoms with Gasteiger partial charge >= 0.3 is 0 Å². The average Bonchev–Trinajstić information content (AvgIpc) is 2.33. The first-order valence-corrected chi connectivity index (χ1v) is 6.88. The van der Waals surface area contributed by atoms with Gasteiger partial charge in [0.05, 0.1) is 5.56 Å². The molecular formula is C13H20BrN3O. The molecule has 0 bridgehead atoms. The summed E-state index contributed by atoms with van der Waals surface area (Å²) in [6.45, 7) is 4.48. The Labute approximate surface area is 117 Å². The van der Waals surface area contributed by atoms with Gasteiger partial charge in [-0.1, -0.05) is 0 Å². The van der Waals surface area contributed by atoms with Crippen molar-refractivity contribution in [3.63, 3.8) is 0 Å². The molecule has 0 fully saturated rings. The van der Waals surface area contributed by atoms with Crippen LogP contribution in [-0.2, 0) is 0 Å². The van der Waals surface area contributed by atoms with Crippen LogP contribution in [0.1, 0.15) is 23.7 Å². The average molecular weight is 314 g/mol. The lowest BCUT2D eigenvalue weighted by Crippen LogP contribution is -2.33. The second-order valence-corrected chi connectivity index (χ2v) is 5.35. The minimum Gasteiger partial charge on any atom is -0.339 e. The maximum absolute atomic E-state index is 12.3. The number of hydrogen-bond acceptors (Lipinski definition) is 3. The number of hydrogen-bond donors (Lipinski definition) is 0. The Balaban J connectivity index is 2.62. The van der Waals surface area contributed by atoms with Crippen molar-refractivity contribution in [1.82, 2.24) is 14.8 Å². The maximum atomic E-state index is 12.3. The molecule has 1 heterocycles. The van der Waals surface area contributed by atoms with Gasteiger partial charge in [0, 0.05) is 30.0 Å².